The van der Waals surface area contributed by atoms with E-state index in [-0.39, 0.29) is 24.2 Å². The highest BCUT2D eigenvalue weighted by molar-refractivity contribution is 6.03. The number of hydrogen-bond donors (Lipinski definition) is 1. The normalized spacial score (nSPS) is 16.8. The van der Waals surface area contributed by atoms with Crippen molar-refractivity contribution in [3.05, 3.63) is 54.1 Å². The monoisotopic (exact) mass is 337 g/mol. The van der Waals surface area contributed by atoms with Crippen LogP contribution < -0.4 is 15.1 Å². The van der Waals surface area contributed by atoms with Crippen LogP contribution in [0.1, 0.15) is 12.0 Å². The van der Waals surface area contributed by atoms with Crippen LogP contribution in [0.3, 0.4) is 0 Å². The Bertz CT molecular complexity index is 784. The second-order valence-electron chi connectivity index (χ2n) is 6.62. The topological polar surface area (TPSA) is 52.7 Å². The van der Waals surface area contributed by atoms with Crippen LogP contribution in [0.5, 0.6) is 0 Å². The first kappa shape index (κ1) is 17.0. The summed E-state index contributed by atoms with van der Waals surface area (Å²) in [7, 11) is 3.94. The molecule has 0 bridgehead atoms. The molecule has 130 valence electrons. The first-order valence-corrected chi connectivity index (χ1v) is 8.40. The first-order chi connectivity index (χ1) is 12.0. The number of aryl methyl sites for hydroxylation is 1. The fourth-order valence-corrected chi connectivity index (χ4v) is 3.07. The van der Waals surface area contributed by atoms with Crippen LogP contribution in [0.2, 0.25) is 0 Å². The molecule has 0 radical (unpaired) electrons. The van der Waals surface area contributed by atoms with E-state index in [4.69, 9.17) is 0 Å². The lowest BCUT2D eigenvalue weighted by Gasteiger charge is -2.19. The van der Waals surface area contributed by atoms with Gasteiger partial charge in [0.2, 0.25) is 11.8 Å². The van der Waals surface area contributed by atoms with Crippen LogP contribution in [0, 0.1) is 12.8 Å². The molecule has 0 spiro atoms. The van der Waals surface area contributed by atoms with Gasteiger partial charge in [-0.2, -0.15) is 0 Å². The van der Waals surface area contributed by atoms with E-state index in [9.17, 15) is 9.59 Å². The average Bonchev–Trinajstić information content (AvgIpc) is 2.97. The summed E-state index contributed by atoms with van der Waals surface area (Å²) in [4.78, 5) is 28.6. The molecule has 2 aromatic carbocycles. The van der Waals surface area contributed by atoms with E-state index in [1.807, 2.05) is 74.4 Å². The first-order valence-electron chi connectivity index (χ1n) is 8.40. The number of nitrogens with one attached hydrogen (secondary N) is 1. The van der Waals surface area contributed by atoms with E-state index < -0.39 is 0 Å². The summed E-state index contributed by atoms with van der Waals surface area (Å²) in [5, 5.41) is 2.92. The number of carbonyl (C=O) groups excluding carboxylic acids is 2. The lowest BCUT2D eigenvalue weighted by molar-refractivity contribution is -0.122. The smallest absolute Gasteiger partial charge is 0.229 e. The maximum absolute atomic E-state index is 12.5. The van der Waals surface area contributed by atoms with Crippen molar-refractivity contribution in [1.82, 2.24) is 0 Å². The van der Waals surface area contributed by atoms with E-state index in [0.717, 1.165) is 22.6 Å². The Morgan fingerprint density at radius 2 is 1.80 bits per heavy atom. The Labute approximate surface area is 148 Å². The Kier molecular flexibility index (Phi) is 4.74. The van der Waals surface area contributed by atoms with Crippen molar-refractivity contribution in [2.45, 2.75) is 13.3 Å². The van der Waals surface area contributed by atoms with Gasteiger partial charge in [-0.15, -0.1) is 0 Å². The zero-order valence-electron chi connectivity index (χ0n) is 14.8. The van der Waals surface area contributed by atoms with Crippen molar-refractivity contribution >= 4 is 28.9 Å². The highest BCUT2D eigenvalue weighted by atomic mass is 16.2. The molecule has 1 aliphatic rings. The number of amides is 2. The number of carbonyl (C=O) groups is 2. The second kappa shape index (κ2) is 6.97. The number of anilines is 3. The van der Waals surface area contributed by atoms with E-state index in [2.05, 4.69) is 5.32 Å². The number of hydrogen-bond acceptors (Lipinski definition) is 3. The summed E-state index contributed by atoms with van der Waals surface area (Å²) in [6, 6.07) is 15.4. The third-order valence-electron chi connectivity index (χ3n) is 4.55. The molecule has 5 heteroatoms. The highest BCUT2D eigenvalue weighted by Gasteiger charge is 2.35. The molecule has 3 rings (SSSR count). The van der Waals surface area contributed by atoms with E-state index in [1.165, 1.54) is 0 Å². The molecule has 0 aromatic heterocycles. The van der Waals surface area contributed by atoms with Crippen molar-refractivity contribution in [1.29, 1.82) is 0 Å². The summed E-state index contributed by atoms with van der Waals surface area (Å²) in [6.07, 6.45) is 0.246. The lowest BCUT2D eigenvalue weighted by atomic mass is 10.1. The Balaban J connectivity index is 1.67. The minimum Gasteiger partial charge on any atom is -0.378 e. The minimum atomic E-state index is -0.333. The molecular formula is C20H23N3O2. The van der Waals surface area contributed by atoms with E-state index in [1.54, 1.807) is 4.90 Å². The quantitative estimate of drug-likeness (QED) is 0.933. The summed E-state index contributed by atoms with van der Waals surface area (Å²) in [5.74, 6) is -0.444. The molecule has 1 unspecified atom stereocenters. The van der Waals surface area contributed by atoms with Crippen LogP contribution in [-0.2, 0) is 9.59 Å². The Morgan fingerprint density at radius 1 is 1.12 bits per heavy atom. The molecule has 1 fully saturated rings. The standard InChI is InChI=1S/C20H23N3O2/c1-14-6-4-5-7-18(14)23-13-15(12-19(23)24)20(25)21-16-8-10-17(11-9-16)22(2)3/h4-11,15H,12-13H2,1-3H3,(H,21,25). The zero-order valence-corrected chi connectivity index (χ0v) is 14.8. The van der Waals surface area contributed by atoms with Crippen LogP contribution >= 0.6 is 0 Å². The van der Waals surface area contributed by atoms with Gasteiger partial charge in [0.25, 0.3) is 0 Å². The molecule has 1 saturated heterocycles. The van der Waals surface area contributed by atoms with Gasteiger partial charge in [-0.1, -0.05) is 18.2 Å². The molecule has 0 saturated carbocycles. The lowest BCUT2D eigenvalue weighted by Crippen LogP contribution is -2.28. The van der Waals surface area contributed by atoms with Gasteiger partial charge in [0.05, 0.1) is 5.92 Å². The van der Waals surface area contributed by atoms with Crippen LogP contribution in [0.4, 0.5) is 17.1 Å². The molecule has 1 heterocycles. The van der Waals surface area contributed by atoms with Gasteiger partial charge in [-0.25, -0.2) is 0 Å². The van der Waals surface area contributed by atoms with Crippen molar-refractivity contribution in [3.8, 4) is 0 Å². The van der Waals surface area contributed by atoms with Crippen molar-refractivity contribution in [2.24, 2.45) is 5.92 Å². The van der Waals surface area contributed by atoms with Gasteiger partial charge in [-0.3, -0.25) is 9.59 Å². The predicted molar refractivity (Wildman–Crippen MR) is 101 cm³/mol. The van der Waals surface area contributed by atoms with Crippen molar-refractivity contribution in [3.63, 3.8) is 0 Å². The summed E-state index contributed by atoms with van der Waals surface area (Å²) in [5.41, 5.74) is 3.74. The van der Waals surface area contributed by atoms with Gasteiger partial charge in [0.15, 0.2) is 0 Å². The van der Waals surface area contributed by atoms with Crippen molar-refractivity contribution < 1.29 is 9.59 Å². The minimum absolute atomic E-state index is 0.00240. The third kappa shape index (κ3) is 3.65. The summed E-state index contributed by atoms with van der Waals surface area (Å²) in [6.45, 7) is 2.40. The van der Waals surface area contributed by atoms with Crippen LogP contribution in [-0.4, -0.2) is 32.5 Å². The second-order valence-corrected chi connectivity index (χ2v) is 6.62. The molecule has 2 aromatic rings. The largest absolute Gasteiger partial charge is 0.378 e. The highest BCUT2D eigenvalue weighted by Crippen LogP contribution is 2.28. The van der Waals surface area contributed by atoms with Gasteiger partial charge in [-0.05, 0) is 42.8 Å². The van der Waals surface area contributed by atoms with Crippen molar-refractivity contribution in [2.75, 3.05) is 35.8 Å². The van der Waals surface area contributed by atoms with Gasteiger partial charge in [0.1, 0.15) is 0 Å². The van der Waals surface area contributed by atoms with E-state index in [0.29, 0.717) is 6.54 Å². The van der Waals surface area contributed by atoms with Gasteiger partial charge in [0, 0.05) is 44.1 Å². The molecule has 1 N–H and O–H groups in total. The maximum Gasteiger partial charge on any atom is 0.229 e. The summed E-state index contributed by atoms with van der Waals surface area (Å²) >= 11 is 0. The Morgan fingerprint density at radius 3 is 2.44 bits per heavy atom. The fraction of sp³-hybridized carbons (Fsp3) is 0.300. The predicted octanol–water partition coefficient (Wildman–Crippen LogP) is 3.05. The number of rotatable bonds is 4. The number of para-hydroxylation sites is 1. The zero-order chi connectivity index (χ0) is 18.0. The average molecular weight is 337 g/mol. The Hall–Kier alpha value is -2.82. The number of nitrogens with zero attached hydrogens (tertiary/aromatic N) is 2. The SMILES string of the molecule is Cc1ccccc1N1CC(C(=O)Nc2ccc(N(C)C)cc2)CC1=O. The molecule has 1 atom stereocenters. The van der Waals surface area contributed by atoms with Crippen LogP contribution in [0.25, 0.3) is 0 Å². The number of benzene rings is 2. The molecule has 2 amide bonds. The summed E-state index contributed by atoms with van der Waals surface area (Å²) < 4.78 is 0. The molecule has 0 aliphatic carbocycles. The molecule has 1 aliphatic heterocycles. The molecule has 25 heavy (non-hydrogen) atoms. The van der Waals surface area contributed by atoms with Gasteiger partial charge < -0.3 is 15.1 Å². The van der Waals surface area contributed by atoms with Gasteiger partial charge >= 0.3 is 0 Å². The molecular weight excluding hydrogens is 314 g/mol. The molecule has 5 nitrogen and oxygen atoms in total. The van der Waals surface area contributed by atoms with E-state index >= 15 is 0 Å². The van der Waals surface area contributed by atoms with Crippen LogP contribution in [0.15, 0.2) is 48.5 Å². The fourth-order valence-electron chi connectivity index (χ4n) is 3.07. The maximum atomic E-state index is 12.5. The third-order valence-corrected chi connectivity index (χ3v) is 4.55.